The van der Waals surface area contributed by atoms with Crippen molar-refractivity contribution >= 4 is 15.9 Å². The Bertz CT molecular complexity index is 763. The molecule has 0 aromatic heterocycles. The van der Waals surface area contributed by atoms with Crippen LogP contribution in [0.1, 0.15) is 75.6 Å². The van der Waals surface area contributed by atoms with E-state index in [1.807, 2.05) is 13.8 Å². The Morgan fingerprint density at radius 2 is 1.56 bits per heavy atom. The lowest BCUT2D eigenvalue weighted by Crippen LogP contribution is -2.60. The van der Waals surface area contributed by atoms with Gasteiger partial charge in [0.25, 0.3) is 0 Å². The highest BCUT2D eigenvalue weighted by Gasteiger charge is 2.39. The summed E-state index contributed by atoms with van der Waals surface area (Å²) in [4.78, 5) is 14.7. The normalized spacial score (nSPS) is 16.2. The number of carbonyl (C=O) groups excluding carboxylic acids is 1. The summed E-state index contributed by atoms with van der Waals surface area (Å²) in [6.07, 6.45) is 0.0984. The van der Waals surface area contributed by atoms with Crippen molar-refractivity contribution in [3.05, 3.63) is 34.4 Å². The summed E-state index contributed by atoms with van der Waals surface area (Å²) in [7, 11) is -3.62. The first-order chi connectivity index (χ1) is 12.4. The van der Waals surface area contributed by atoms with Crippen LogP contribution >= 0.6 is 0 Å². The maximum atomic E-state index is 12.6. The number of rotatable bonds is 7. The van der Waals surface area contributed by atoms with E-state index in [2.05, 4.69) is 56.4 Å². The molecule has 1 aromatic carbocycles. The van der Waals surface area contributed by atoms with E-state index in [1.54, 1.807) is 0 Å². The highest BCUT2D eigenvalue weighted by Crippen LogP contribution is 2.30. The topological polar surface area (TPSA) is 66.5 Å². The second-order valence-electron chi connectivity index (χ2n) is 8.65. The molecule has 0 spiro atoms. The minimum atomic E-state index is -3.62. The van der Waals surface area contributed by atoms with Crippen molar-refractivity contribution < 1.29 is 13.2 Å². The first-order valence-corrected chi connectivity index (χ1v) is 11.4. The molecule has 0 bridgehead atoms. The first-order valence-electron chi connectivity index (χ1n) is 9.84. The minimum Gasteiger partial charge on any atom is -0.298 e. The van der Waals surface area contributed by atoms with Crippen molar-refractivity contribution in [2.45, 2.75) is 78.0 Å². The number of aryl methyl sites for hydroxylation is 1. The van der Waals surface area contributed by atoms with E-state index < -0.39 is 21.2 Å². The van der Waals surface area contributed by atoms with Crippen LogP contribution in [0.25, 0.3) is 0 Å². The third kappa shape index (κ3) is 5.11. The molecule has 1 amide bonds. The SMILES string of the molecule is Cc1cc(C(C)C)c(CC(=O)NS(=O)(=O)C2CN(C(C)C)C2)c(C(C)C)c1. The number of nitrogens with zero attached hydrogens (tertiary/aromatic N) is 1. The van der Waals surface area contributed by atoms with Crippen molar-refractivity contribution in [1.82, 2.24) is 9.62 Å². The van der Waals surface area contributed by atoms with Crippen LogP contribution < -0.4 is 4.72 Å². The average Bonchev–Trinajstić information content (AvgIpc) is 2.44. The van der Waals surface area contributed by atoms with Gasteiger partial charge in [-0.3, -0.25) is 14.4 Å². The number of sulfonamides is 1. The molecule has 0 saturated carbocycles. The van der Waals surface area contributed by atoms with Gasteiger partial charge in [0.1, 0.15) is 5.25 Å². The molecule has 5 nitrogen and oxygen atoms in total. The number of amides is 1. The summed E-state index contributed by atoms with van der Waals surface area (Å²) >= 11 is 0. The summed E-state index contributed by atoms with van der Waals surface area (Å²) in [6, 6.07) is 4.54. The van der Waals surface area contributed by atoms with Gasteiger partial charge in [-0.25, -0.2) is 8.42 Å². The standard InChI is InChI=1S/C21H34N2O3S/c1-13(2)18-8-16(7)9-19(14(3)4)20(18)10-21(24)22-27(25,26)17-11-23(12-17)15(5)6/h8-9,13-15,17H,10-12H2,1-7H3,(H,22,24). The van der Waals surface area contributed by atoms with Crippen molar-refractivity contribution in [2.75, 3.05) is 13.1 Å². The van der Waals surface area contributed by atoms with Gasteiger partial charge in [0.15, 0.2) is 0 Å². The van der Waals surface area contributed by atoms with Crippen molar-refractivity contribution in [3.63, 3.8) is 0 Å². The van der Waals surface area contributed by atoms with Crippen LogP contribution in [0.4, 0.5) is 0 Å². The highest BCUT2D eigenvalue weighted by atomic mass is 32.2. The van der Waals surface area contributed by atoms with E-state index in [4.69, 9.17) is 0 Å². The van der Waals surface area contributed by atoms with Gasteiger partial charge in [-0.05, 0) is 49.3 Å². The molecule has 1 saturated heterocycles. The lowest BCUT2D eigenvalue weighted by Gasteiger charge is -2.41. The van der Waals surface area contributed by atoms with Gasteiger partial charge < -0.3 is 0 Å². The van der Waals surface area contributed by atoms with Gasteiger partial charge >= 0.3 is 0 Å². The van der Waals surface area contributed by atoms with E-state index in [-0.39, 0.29) is 18.3 Å². The second-order valence-corrected chi connectivity index (χ2v) is 10.6. The van der Waals surface area contributed by atoms with Crippen molar-refractivity contribution in [2.24, 2.45) is 0 Å². The van der Waals surface area contributed by atoms with Gasteiger partial charge in [-0.1, -0.05) is 45.4 Å². The molecule has 1 aromatic rings. The third-order valence-electron chi connectivity index (χ3n) is 5.35. The Morgan fingerprint density at radius 3 is 1.96 bits per heavy atom. The van der Waals surface area contributed by atoms with E-state index in [0.717, 1.165) is 16.7 Å². The maximum absolute atomic E-state index is 12.6. The Labute approximate surface area is 164 Å². The zero-order valence-electron chi connectivity index (χ0n) is 17.7. The molecule has 6 heteroatoms. The maximum Gasteiger partial charge on any atom is 0.240 e. The quantitative estimate of drug-likeness (QED) is 0.770. The predicted molar refractivity (Wildman–Crippen MR) is 111 cm³/mol. The molecule has 152 valence electrons. The lowest BCUT2D eigenvalue weighted by molar-refractivity contribution is -0.118. The lowest BCUT2D eigenvalue weighted by atomic mass is 9.85. The molecular formula is C21H34N2O3S. The zero-order chi connectivity index (χ0) is 20.5. The Balaban J connectivity index is 2.18. The molecule has 1 heterocycles. The van der Waals surface area contributed by atoms with Crippen molar-refractivity contribution in [1.29, 1.82) is 0 Å². The molecule has 1 aliphatic rings. The molecule has 0 radical (unpaired) electrons. The monoisotopic (exact) mass is 394 g/mol. The van der Waals surface area contributed by atoms with Gasteiger partial charge in [-0.2, -0.15) is 0 Å². The fourth-order valence-corrected chi connectivity index (χ4v) is 4.97. The van der Waals surface area contributed by atoms with Crippen LogP contribution in [0, 0.1) is 6.92 Å². The molecule has 1 fully saturated rings. The van der Waals surface area contributed by atoms with E-state index in [0.29, 0.717) is 19.1 Å². The molecule has 27 heavy (non-hydrogen) atoms. The van der Waals surface area contributed by atoms with Gasteiger partial charge in [0.05, 0.1) is 6.42 Å². The molecule has 2 rings (SSSR count). The Kier molecular flexibility index (Phi) is 6.74. The third-order valence-corrected chi connectivity index (χ3v) is 7.03. The van der Waals surface area contributed by atoms with Crippen LogP contribution in [-0.2, 0) is 21.2 Å². The first kappa shape index (κ1) is 21.9. The molecular weight excluding hydrogens is 360 g/mol. The van der Waals surface area contributed by atoms with Gasteiger partial charge in [0.2, 0.25) is 15.9 Å². The fourth-order valence-electron chi connectivity index (χ4n) is 3.63. The van der Waals surface area contributed by atoms with Crippen LogP contribution in [0.15, 0.2) is 12.1 Å². The molecule has 1 N–H and O–H groups in total. The fraction of sp³-hybridized carbons (Fsp3) is 0.667. The number of carbonyl (C=O) groups is 1. The van der Waals surface area contributed by atoms with E-state index >= 15 is 0 Å². The number of benzene rings is 1. The van der Waals surface area contributed by atoms with E-state index in [1.165, 1.54) is 5.56 Å². The van der Waals surface area contributed by atoms with E-state index in [9.17, 15) is 13.2 Å². The predicted octanol–water partition coefficient (Wildman–Crippen LogP) is 3.32. The van der Waals surface area contributed by atoms with Crippen molar-refractivity contribution in [3.8, 4) is 0 Å². The second kappa shape index (κ2) is 8.31. The minimum absolute atomic E-state index is 0.0984. The summed E-state index contributed by atoms with van der Waals surface area (Å²) in [5, 5.41) is -0.504. The van der Waals surface area contributed by atoms with Crippen LogP contribution in [0.3, 0.4) is 0 Å². The number of likely N-dealkylation sites (tertiary alicyclic amines) is 1. The van der Waals surface area contributed by atoms with Crippen LogP contribution in [0.2, 0.25) is 0 Å². The zero-order valence-corrected chi connectivity index (χ0v) is 18.5. The van der Waals surface area contributed by atoms with Gasteiger partial charge in [0, 0.05) is 19.1 Å². The number of hydrogen-bond donors (Lipinski definition) is 1. The Hall–Kier alpha value is -1.40. The molecule has 1 aliphatic heterocycles. The Morgan fingerprint density at radius 1 is 1.07 bits per heavy atom. The highest BCUT2D eigenvalue weighted by molar-refractivity contribution is 7.90. The summed E-state index contributed by atoms with van der Waals surface area (Å²) in [6.45, 7) is 15.5. The number of hydrogen-bond acceptors (Lipinski definition) is 4. The molecule has 0 atom stereocenters. The average molecular weight is 395 g/mol. The largest absolute Gasteiger partial charge is 0.298 e. The summed E-state index contributed by atoms with van der Waals surface area (Å²) in [5.41, 5.74) is 4.39. The summed E-state index contributed by atoms with van der Waals surface area (Å²) in [5.74, 6) is 0.103. The van der Waals surface area contributed by atoms with Crippen LogP contribution in [-0.4, -0.2) is 43.6 Å². The molecule has 0 unspecified atom stereocenters. The molecule has 0 aliphatic carbocycles. The summed E-state index contributed by atoms with van der Waals surface area (Å²) < 4.78 is 27.3. The van der Waals surface area contributed by atoms with Crippen LogP contribution in [0.5, 0.6) is 0 Å². The number of nitrogens with one attached hydrogen (secondary N) is 1. The smallest absolute Gasteiger partial charge is 0.240 e. The van der Waals surface area contributed by atoms with Gasteiger partial charge in [-0.15, -0.1) is 0 Å².